The van der Waals surface area contributed by atoms with Crippen molar-refractivity contribution in [3.63, 3.8) is 0 Å². The van der Waals surface area contributed by atoms with Crippen LogP contribution in [0.15, 0.2) is 42.7 Å². The van der Waals surface area contributed by atoms with Crippen LogP contribution < -0.4 is 30.7 Å². The highest BCUT2D eigenvalue weighted by atomic mass is 19.1. The van der Waals surface area contributed by atoms with E-state index in [1.54, 1.807) is 17.0 Å². The molecule has 72 heavy (non-hydrogen) atoms. The summed E-state index contributed by atoms with van der Waals surface area (Å²) in [5.74, 6) is -1.30. The van der Waals surface area contributed by atoms with Crippen LogP contribution in [0.25, 0.3) is 0 Å². The van der Waals surface area contributed by atoms with Crippen LogP contribution in [-0.4, -0.2) is 168 Å². The topological polar surface area (TPSA) is 187 Å². The number of benzene rings is 2. The molecule has 2 aromatic carbocycles. The molecule has 0 saturated carbocycles. The van der Waals surface area contributed by atoms with Gasteiger partial charge in [-0.2, -0.15) is 0 Å². The average molecular weight is 993 g/mol. The van der Waals surface area contributed by atoms with Crippen molar-refractivity contribution in [2.75, 3.05) is 112 Å². The lowest BCUT2D eigenvalue weighted by Crippen LogP contribution is -2.66. The Morgan fingerprint density at radius 3 is 2.22 bits per heavy atom. The van der Waals surface area contributed by atoms with Crippen LogP contribution in [0.2, 0.25) is 0 Å². The third-order valence-corrected chi connectivity index (χ3v) is 16.3. The summed E-state index contributed by atoms with van der Waals surface area (Å²) in [5, 5.41) is 8.73. The van der Waals surface area contributed by atoms with Gasteiger partial charge in [-0.3, -0.25) is 48.8 Å². The highest BCUT2D eigenvalue weighted by Gasteiger charge is 2.46. The van der Waals surface area contributed by atoms with E-state index < -0.39 is 46.8 Å². The minimum atomic E-state index is -0.994. The van der Waals surface area contributed by atoms with E-state index in [-0.39, 0.29) is 53.4 Å². The van der Waals surface area contributed by atoms with Crippen molar-refractivity contribution in [2.24, 2.45) is 11.3 Å². The van der Waals surface area contributed by atoms with E-state index in [2.05, 4.69) is 59.4 Å². The first kappa shape index (κ1) is 49.3. The van der Waals surface area contributed by atoms with Gasteiger partial charge in [0.25, 0.3) is 11.8 Å². The number of likely N-dealkylation sites (tertiary alicyclic amines) is 2. The molecule has 0 radical (unpaired) electrons. The zero-order valence-electron chi connectivity index (χ0n) is 41.4. The minimum Gasteiger partial charge on any atom is -0.369 e. The number of carbonyl (C=O) groups excluding carboxylic acids is 6. The van der Waals surface area contributed by atoms with Gasteiger partial charge in [0.05, 0.1) is 28.9 Å². The Bertz CT molecular complexity index is 2600. The molecule has 384 valence electrons. The van der Waals surface area contributed by atoms with Gasteiger partial charge in [0.15, 0.2) is 0 Å². The molecule has 6 amide bonds. The largest absolute Gasteiger partial charge is 0.369 e. The Balaban J connectivity index is 0.639. The molecule has 3 N–H and O–H groups in total. The first-order valence-electron chi connectivity index (χ1n) is 25.8. The Kier molecular flexibility index (Phi) is 13.9. The second-order valence-electron chi connectivity index (χ2n) is 21.7. The number of piperazine rings is 2. The summed E-state index contributed by atoms with van der Waals surface area (Å²) in [6.07, 6.45) is 7.11. The lowest BCUT2D eigenvalue weighted by atomic mass is 9.82. The summed E-state index contributed by atoms with van der Waals surface area (Å²) in [6, 6.07) is 8.71. The molecule has 1 atom stereocenters. The summed E-state index contributed by atoms with van der Waals surface area (Å²) in [5.41, 5.74) is 1.53. The molecule has 10 rings (SSSR count). The van der Waals surface area contributed by atoms with Gasteiger partial charge in [-0.25, -0.2) is 18.7 Å². The molecule has 7 aliphatic heterocycles. The number of carbonyl (C=O) groups is 6. The first-order valence-corrected chi connectivity index (χ1v) is 25.8. The molecule has 8 heterocycles. The fraction of sp³-hybridized carbons (Fsp3) is 0.577. The number of rotatable bonds is 12. The number of hydrogen-bond acceptors (Lipinski definition) is 14. The fourth-order valence-electron chi connectivity index (χ4n) is 11.7. The number of nitrogens with zero attached hydrogens (tertiary/aromatic N) is 9. The number of fused-ring (bicyclic) bond motifs is 1. The number of aromatic nitrogens is 2. The molecular weight excluding hydrogens is 927 g/mol. The Labute approximate surface area is 418 Å². The van der Waals surface area contributed by atoms with Gasteiger partial charge in [0.1, 0.15) is 35.6 Å². The molecule has 3 aromatic rings. The monoisotopic (exact) mass is 993 g/mol. The highest BCUT2D eigenvalue weighted by molar-refractivity contribution is 6.23. The van der Waals surface area contributed by atoms with E-state index in [1.165, 1.54) is 18.5 Å². The Morgan fingerprint density at radius 1 is 0.750 bits per heavy atom. The van der Waals surface area contributed by atoms with E-state index in [9.17, 15) is 28.8 Å². The molecule has 1 spiro atoms. The zero-order valence-corrected chi connectivity index (χ0v) is 41.4. The van der Waals surface area contributed by atoms with Gasteiger partial charge in [0.2, 0.25) is 23.6 Å². The van der Waals surface area contributed by atoms with Crippen LogP contribution in [-0.2, 0) is 25.7 Å². The Hall–Kier alpha value is -6.28. The van der Waals surface area contributed by atoms with Crippen molar-refractivity contribution < 1.29 is 37.5 Å². The maximum absolute atomic E-state index is 15.7. The summed E-state index contributed by atoms with van der Waals surface area (Å²) in [6.45, 7) is 14.1. The van der Waals surface area contributed by atoms with Crippen LogP contribution in [0.1, 0.15) is 97.9 Å². The van der Waals surface area contributed by atoms with Gasteiger partial charge in [0, 0.05) is 115 Å². The number of hydrogen-bond donors (Lipinski definition) is 3. The lowest BCUT2D eigenvalue weighted by Gasteiger charge is -2.48. The summed E-state index contributed by atoms with van der Waals surface area (Å²) < 4.78 is 31.2. The molecule has 20 heteroatoms. The van der Waals surface area contributed by atoms with E-state index in [0.717, 1.165) is 87.9 Å². The molecule has 0 bridgehead atoms. The van der Waals surface area contributed by atoms with Crippen molar-refractivity contribution in [1.82, 2.24) is 40.2 Å². The third kappa shape index (κ3) is 10.6. The number of halogens is 2. The molecule has 6 saturated heterocycles. The smallest absolute Gasteiger partial charge is 0.262 e. The van der Waals surface area contributed by atoms with Crippen LogP contribution in [0.5, 0.6) is 0 Å². The van der Waals surface area contributed by atoms with Crippen LogP contribution in [0.4, 0.5) is 31.8 Å². The molecule has 1 unspecified atom stereocenters. The quantitative estimate of drug-likeness (QED) is 0.224. The van der Waals surface area contributed by atoms with Crippen LogP contribution in [0, 0.1) is 23.0 Å². The van der Waals surface area contributed by atoms with Crippen molar-refractivity contribution >= 4 is 58.5 Å². The number of anilines is 4. The molecule has 18 nitrogen and oxygen atoms in total. The van der Waals surface area contributed by atoms with Crippen LogP contribution >= 0.6 is 0 Å². The Morgan fingerprint density at radius 2 is 1.49 bits per heavy atom. The summed E-state index contributed by atoms with van der Waals surface area (Å²) in [7, 11) is 0. The SMILES string of the molecule is CC1(C)CCN(Cc2cc(F)c(N3CC(=O)NC4(CCN(c5cc(NCCC(=O)N6CCC(CN7CCN(c8ccc9c(c8)C(=O)N(C8CCC(=O)NC8=O)C9=O)CC7)CC6)ncn5)CC4)C3)cc2F)CC1. The summed E-state index contributed by atoms with van der Waals surface area (Å²) in [4.78, 5) is 99.6. The van der Waals surface area contributed by atoms with E-state index in [1.807, 2.05) is 17.0 Å². The van der Waals surface area contributed by atoms with Crippen molar-refractivity contribution in [2.45, 2.75) is 89.8 Å². The van der Waals surface area contributed by atoms with Gasteiger partial charge in [-0.15, -0.1) is 0 Å². The normalized spacial score (nSPS) is 23.1. The molecule has 0 aliphatic carbocycles. The lowest BCUT2D eigenvalue weighted by molar-refractivity contribution is -0.136. The standard InChI is InChI=1S/C52H66F2N12O6/c1-51(2)10-17-60(18-11-51)30-35-25-40(54)42(27-39(35)53)65-31-46(68)59-52(32-65)12-19-63(20-13-52)44-28-43(56-33-57-44)55-14-7-47(69)64-15-8-34(9-16-64)29-61-21-23-62(24-22-61)36-3-4-37-38(26-36)50(72)66(49(37)71)41-5-6-45(67)58-48(41)70/h3-4,25-28,33-34,41H,5-24,29-32H2,1-2H3,(H,59,68)(H,55,56,57)(H,58,67,70). The van der Waals surface area contributed by atoms with Crippen molar-refractivity contribution in [3.8, 4) is 0 Å². The van der Waals surface area contributed by atoms with Crippen LogP contribution in [0.3, 0.4) is 0 Å². The number of nitrogens with one attached hydrogen (secondary N) is 3. The van der Waals surface area contributed by atoms with Gasteiger partial charge < -0.3 is 30.2 Å². The predicted molar refractivity (Wildman–Crippen MR) is 265 cm³/mol. The predicted octanol–water partition coefficient (Wildman–Crippen LogP) is 3.62. The first-order chi connectivity index (χ1) is 34.6. The van der Waals surface area contributed by atoms with Crippen molar-refractivity contribution in [1.29, 1.82) is 0 Å². The maximum atomic E-state index is 15.7. The summed E-state index contributed by atoms with van der Waals surface area (Å²) >= 11 is 0. The highest BCUT2D eigenvalue weighted by Crippen LogP contribution is 2.36. The van der Waals surface area contributed by atoms with Gasteiger partial charge in [-0.05, 0) is 93.6 Å². The molecular formula is C52H66F2N12O6. The fourth-order valence-corrected chi connectivity index (χ4v) is 11.7. The molecule has 6 fully saturated rings. The molecule has 1 aromatic heterocycles. The maximum Gasteiger partial charge on any atom is 0.262 e. The van der Waals surface area contributed by atoms with Gasteiger partial charge >= 0.3 is 0 Å². The number of imide groups is 2. The van der Waals surface area contributed by atoms with Gasteiger partial charge in [-0.1, -0.05) is 13.8 Å². The minimum absolute atomic E-state index is 0.0417. The van der Waals surface area contributed by atoms with E-state index in [4.69, 9.17) is 0 Å². The number of amides is 6. The second kappa shape index (κ2) is 20.3. The third-order valence-electron chi connectivity index (χ3n) is 16.3. The zero-order chi connectivity index (χ0) is 50.3. The average Bonchev–Trinajstić information content (AvgIpc) is 3.61. The van der Waals surface area contributed by atoms with E-state index >= 15 is 8.78 Å². The van der Waals surface area contributed by atoms with Crippen molar-refractivity contribution in [3.05, 3.63) is 71.1 Å². The van der Waals surface area contributed by atoms with E-state index in [0.29, 0.717) is 82.4 Å². The number of piperidine rings is 4. The molecule has 7 aliphatic rings. The second-order valence-corrected chi connectivity index (χ2v) is 21.7.